The number of aliphatic hydroxyl groups is 1. The monoisotopic (exact) mass is 476 g/mol. The molecule has 184 valence electrons. The van der Waals surface area contributed by atoms with Crippen LogP contribution >= 0.6 is 0 Å². The SMILES string of the molecule is CC1=C/C(=C2\C(=O)C(c3cc(C)c4cc(C(C)C)ccc(C)c3-4)=C2O)C2=C1C=C(C(C)C)C=CC2C. The minimum atomic E-state index is -0.0596. The number of fused-ring (bicyclic) bond motifs is 1. The first-order valence-electron chi connectivity index (χ1n) is 13.1. The van der Waals surface area contributed by atoms with Crippen molar-refractivity contribution in [3.8, 4) is 11.1 Å². The van der Waals surface area contributed by atoms with E-state index in [-0.39, 0.29) is 17.5 Å². The van der Waals surface area contributed by atoms with Crippen molar-refractivity contribution in [1.29, 1.82) is 0 Å². The largest absolute Gasteiger partial charge is 0.506 e. The number of carbonyl (C=O) groups excluding carboxylic acids is 1. The Balaban J connectivity index is 1.68. The molecular weight excluding hydrogens is 440 g/mol. The molecule has 1 unspecified atom stereocenters. The first-order valence-corrected chi connectivity index (χ1v) is 13.1. The molecule has 0 bridgehead atoms. The van der Waals surface area contributed by atoms with E-state index in [9.17, 15) is 9.90 Å². The third-order valence-corrected chi connectivity index (χ3v) is 8.06. The molecule has 0 radical (unpaired) electrons. The molecule has 5 aliphatic rings. The van der Waals surface area contributed by atoms with Gasteiger partial charge < -0.3 is 5.11 Å². The van der Waals surface area contributed by atoms with Gasteiger partial charge in [-0.3, -0.25) is 4.79 Å². The summed E-state index contributed by atoms with van der Waals surface area (Å²) in [5.41, 5.74) is 13.1. The van der Waals surface area contributed by atoms with Crippen LogP contribution in [0.2, 0.25) is 0 Å². The molecule has 0 aromatic carbocycles. The van der Waals surface area contributed by atoms with Crippen LogP contribution in [0.4, 0.5) is 0 Å². The van der Waals surface area contributed by atoms with Crippen molar-refractivity contribution in [1.82, 2.24) is 0 Å². The predicted molar refractivity (Wildman–Crippen MR) is 150 cm³/mol. The van der Waals surface area contributed by atoms with E-state index in [1.807, 2.05) is 0 Å². The van der Waals surface area contributed by atoms with Crippen LogP contribution in [0, 0.1) is 25.7 Å². The maximum Gasteiger partial charge on any atom is 0.201 e. The lowest BCUT2D eigenvalue weighted by atomic mass is 9.77. The summed E-state index contributed by atoms with van der Waals surface area (Å²) in [6, 6.07) is 8.62. The van der Waals surface area contributed by atoms with Crippen LogP contribution in [0.25, 0.3) is 16.7 Å². The second kappa shape index (κ2) is 8.62. The highest BCUT2D eigenvalue weighted by Gasteiger charge is 2.41. The molecule has 0 amide bonds. The zero-order chi connectivity index (χ0) is 26.0. The molecular formula is C34H36O2. The van der Waals surface area contributed by atoms with E-state index in [4.69, 9.17) is 0 Å². The summed E-state index contributed by atoms with van der Waals surface area (Å²) in [7, 11) is 0. The molecule has 5 aliphatic carbocycles. The molecule has 0 aromatic heterocycles. The van der Waals surface area contributed by atoms with Gasteiger partial charge in [-0.25, -0.2) is 0 Å². The summed E-state index contributed by atoms with van der Waals surface area (Å²) >= 11 is 0. The first-order chi connectivity index (χ1) is 17.0. The van der Waals surface area contributed by atoms with E-state index in [2.05, 4.69) is 104 Å². The van der Waals surface area contributed by atoms with Crippen LogP contribution in [0.1, 0.15) is 69.7 Å². The molecule has 36 heavy (non-hydrogen) atoms. The number of carbonyl (C=O) groups is 1. The number of aryl methyl sites for hydroxylation is 2. The van der Waals surface area contributed by atoms with Gasteiger partial charge in [-0.2, -0.15) is 0 Å². The van der Waals surface area contributed by atoms with Crippen LogP contribution in [0.15, 0.2) is 87.8 Å². The van der Waals surface area contributed by atoms with E-state index in [0.29, 0.717) is 23.0 Å². The van der Waals surface area contributed by atoms with E-state index in [0.717, 1.165) is 44.5 Å². The Hall–Kier alpha value is -3.39. The molecule has 0 saturated carbocycles. The van der Waals surface area contributed by atoms with E-state index in [1.54, 1.807) is 0 Å². The summed E-state index contributed by atoms with van der Waals surface area (Å²) in [4.78, 5) is 13.8. The van der Waals surface area contributed by atoms with Crippen LogP contribution in [0.5, 0.6) is 0 Å². The lowest BCUT2D eigenvalue weighted by Crippen LogP contribution is -2.23. The van der Waals surface area contributed by atoms with Gasteiger partial charge in [0.05, 0.1) is 11.1 Å². The van der Waals surface area contributed by atoms with Crippen molar-refractivity contribution in [2.24, 2.45) is 11.8 Å². The zero-order valence-corrected chi connectivity index (χ0v) is 22.7. The van der Waals surface area contributed by atoms with Crippen molar-refractivity contribution in [3.05, 3.63) is 110 Å². The van der Waals surface area contributed by atoms with Crippen LogP contribution in [-0.4, -0.2) is 10.9 Å². The van der Waals surface area contributed by atoms with Crippen molar-refractivity contribution >= 4 is 11.4 Å². The predicted octanol–water partition coefficient (Wildman–Crippen LogP) is 8.72. The third-order valence-electron chi connectivity index (χ3n) is 8.06. The summed E-state index contributed by atoms with van der Waals surface area (Å²) in [5, 5.41) is 11.4. The Kier molecular flexibility index (Phi) is 5.82. The molecule has 0 heterocycles. The Morgan fingerprint density at radius 3 is 2.19 bits per heavy atom. The second-order valence-corrected chi connectivity index (χ2v) is 11.3. The van der Waals surface area contributed by atoms with Gasteiger partial charge in [-0.05, 0) is 99.9 Å². The maximum atomic E-state index is 13.8. The highest BCUT2D eigenvalue weighted by molar-refractivity contribution is 6.40. The molecule has 2 heteroatoms. The Bertz CT molecular complexity index is 1480. The van der Waals surface area contributed by atoms with Gasteiger partial charge in [0, 0.05) is 5.92 Å². The maximum absolute atomic E-state index is 13.8. The van der Waals surface area contributed by atoms with Crippen LogP contribution < -0.4 is 0 Å². The fourth-order valence-electron chi connectivity index (χ4n) is 5.84. The Morgan fingerprint density at radius 2 is 1.56 bits per heavy atom. The average Bonchev–Trinajstić information content (AvgIpc) is 3.11. The number of hydrogen-bond acceptors (Lipinski definition) is 2. The van der Waals surface area contributed by atoms with Crippen molar-refractivity contribution in [3.63, 3.8) is 0 Å². The minimum absolute atomic E-state index is 0.0596. The summed E-state index contributed by atoms with van der Waals surface area (Å²) < 4.78 is 0. The topological polar surface area (TPSA) is 37.3 Å². The van der Waals surface area contributed by atoms with E-state index < -0.39 is 0 Å². The highest BCUT2D eigenvalue weighted by atomic mass is 16.3. The molecule has 0 aliphatic heterocycles. The third kappa shape index (κ3) is 3.58. The number of aliphatic hydroxyl groups excluding tert-OH is 1. The number of allylic oxidation sites excluding steroid dienone is 11. The number of rotatable bonds is 3. The van der Waals surface area contributed by atoms with Crippen molar-refractivity contribution in [2.75, 3.05) is 0 Å². The van der Waals surface area contributed by atoms with Gasteiger partial charge in [0.1, 0.15) is 5.76 Å². The summed E-state index contributed by atoms with van der Waals surface area (Å²) in [6.45, 7) is 17.3. The van der Waals surface area contributed by atoms with Crippen LogP contribution in [-0.2, 0) is 4.79 Å². The molecule has 0 saturated heterocycles. The Labute approximate surface area is 215 Å². The molecule has 1 atom stereocenters. The fraction of sp³-hybridized carbons (Fsp3) is 0.324. The number of ketones is 1. The van der Waals surface area contributed by atoms with Gasteiger partial charge >= 0.3 is 0 Å². The van der Waals surface area contributed by atoms with Crippen LogP contribution in [0.3, 0.4) is 0 Å². The van der Waals surface area contributed by atoms with Gasteiger partial charge in [0.15, 0.2) is 0 Å². The summed E-state index contributed by atoms with van der Waals surface area (Å²) in [6.07, 6.45) is 8.77. The smallest absolute Gasteiger partial charge is 0.201 e. The molecule has 0 spiro atoms. The number of hydrogen-bond donors (Lipinski definition) is 1. The zero-order valence-electron chi connectivity index (χ0n) is 22.7. The lowest BCUT2D eigenvalue weighted by molar-refractivity contribution is -0.111. The normalized spacial score (nSPS) is 21.9. The molecule has 0 aromatic rings. The highest BCUT2D eigenvalue weighted by Crippen LogP contribution is 2.50. The quantitative estimate of drug-likeness (QED) is 0.450. The minimum Gasteiger partial charge on any atom is -0.506 e. The van der Waals surface area contributed by atoms with E-state index in [1.165, 1.54) is 16.7 Å². The summed E-state index contributed by atoms with van der Waals surface area (Å²) in [5.74, 6) is 1.06. The van der Waals surface area contributed by atoms with Gasteiger partial charge in [0.2, 0.25) is 5.78 Å². The fourth-order valence-corrected chi connectivity index (χ4v) is 5.84. The first kappa shape index (κ1) is 24.3. The van der Waals surface area contributed by atoms with Crippen molar-refractivity contribution in [2.45, 2.75) is 61.3 Å². The standard InChI is InChI=1S/C34H36O2/c1-17(2)23-11-9-19(5)29-25(15-23)21(7)13-27(29)31-33(35)32(34(31)36)28-14-22(8)26-16-24(18(3)4)12-10-20(6)30(26)28/h9-19,35H,1-8H3/b31-27+. The number of Topliss-reactive ketones (excluding diaryl/α,β-unsaturated/α-hetero) is 1. The van der Waals surface area contributed by atoms with Gasteiger partial charge in [-0.1, -0.05) is 77.1 Å². The average molecular weight is 477 g/mol. The molecule has 1 N–H and O–H groups in total. The van der Waals surface area contributed by atoms with Gasteiger partial charge in [-0.15, -0.1) is 0 Å². The molecule has 5 rings (SSSR count). The molecule has 0 fully saturated rings. The van der Waals surface area contributed by atoms with E-state index >= 15 is 0 Å². The lowest BCUT2D eigenvalue weighted by Gasteiger charge is -2.25. The van der Waals surface area contributed by atoms with Crippen molar-refractivity contribution < 1.29 is 9.90 Å². The second-order valence-electron chi connectivity index (χ2n) is 11.3. The molecule has 2 nitrogen and oxygen atoms in total. The van der Waals surface area contributed by atoms with Gasteiger partial charge in [0.25, 0.3) is 0 Å². The Morgan fingerprint density at radius 1 is 0.833 bits per heavy atom.